The molecule has 0 unspecified atom stereocenters. The van der Waals surface area contributed by atoms with Crippen molar-refractivity contribution in [1.82, 2.24) is 4.90 Å². The number of fused-ring (bicyclic) bond motifs is 1. The van der Waals surface area contributed by atoms with Crippen LogP contribution in [0.5, 0.6) is 11.5 Å². The lowest BCUT2D eigenvalue weighted by atomic mass is 9.86. The zero-order valence-corrected chi connectivity index (χ0v) is 17.1. The van der Waals surface area contributed by atoms with Gasteiger partial charge in [0.25, 0.3) is 0 Å². The van der Waals surface area contributed by atoms with Crippen molar-refractivity contribution in [2.45, 2.75) is 12.3 Å². The van der Waals surface area contributed by atoms with E-state index in [1.165, 1.54) is 11.8 Å². The lowest BCUT2D eigenvalue weighted by Crippen LogP contribution is -2.47. The molecule has 0 bridgehead atoms. The molecule has 1 atom stereocenters. The largest absolute Gasteiger partial charge is 0.497 e. The Labute approximate surface area is 174 Å². The summed E-state index contributed by atoms with van der Waals surface area (Å²) in [4.78, 5) is 16.9. The standard InChI is InChI=1S/C22H21N3O3S/c1-27-16-8-9-17(20(10-16)28-2)18-11-21(26)25-13-24(15-6-4-3-5-7-15)14-29-22(25)19(18)12-23/h3-10,18H,11,13-14H2,1-2H3/t18-/m0/s1. The van der Waals surface area contributed by atoms with E-state index in [1.807, 2.05) is 42.5 Å². The number of allylic oxidation sites excluding steroid dienone is 1. The van der Waals surface area contributed by atoms with Gasteiger partial charge in [0.15, 0.2) is 0 Å². The molecule has 2 heterocycles. The maximum Gasteiger partial charge on any atom is 0.229 e. The van der Waals surface area contributed by atoms with Gasteiger partial charge in [-0.15, -0.1) is 0 Å². The van der Waals surface area contributed by atoms with Crippen LogP contribution in [0.3, 0.4) is 0 Å². The summed E-state index contributed by atoms with van der Waals surface area (Å²) in [6.45, 7) is 0.447. The van der Waals surface area contributed by atoms with E-state index >= 15 is 0 Å². The SMILES string of the molecule is COc1ccc([C@@H]2CC(=O)N3CN(c4ccccc4)CSC3=C2C#N)c(OC)c1. The van der Waals surface area contributed by atoms with Crippen molar-refractivity contribution in [2.75, 3.05) is 31.7 Å². The minimum atomic E-state index is -0.324. The Bertz CT molecular complexity index is 1000. The summed E-state index contributed by atoms with van der Waals surface area (Å²) in [7, 11) is 3.18. The summed E-state index contributed by atoms with van der Waals surface area (Å²) in [5, 5.41) is 10.7. The third kappa shape index (κ3) is 3.52. The maximum atomic E-state index is 13.1. The molecule has 29 heavy (non-hydrogen) atoms. The molecule has 4 rings (SSSR count). The van der Waals surface area contributed by atoms with Gasteiger partial charge in [-0.1, -0.05) is 36.0 Å². The Kier molecular flexibility index (Phi) is 5.36. The number of amides is 1. The van der Waals surface area contributed by atoms with Gasteiger partial charge in [0.2, 0.25) is 5.91 Å². The molecule has 2 aliphatic heterocycles. The summed E-state index contributed by atoms with van der Waals surface area (Å²) in [6.07, 6.45) is 0.234. The summed E-state index contributed by atoms with van der Waals surface area (Å²) >= 11 is 1.53. The summed E-state index contributed by atoms with van der Waals surface area (Å²) < 4.78 is 10.8. The highest BCUT2D eigenvalue weighted by molar-refractivity contribution is 8.03. The van der Waals surface area contributed by atoms with Crippen molar-refractivity contribution in [3.8, 4) is 17.6 Å². The molecule has 148 valence electrons. The zero-order valence-electron chi connectivity index (χ0n) is 16.3. The van der Waals surface area contributed by atoms with Gasteiger partial charge in [0, 0.05) is 29.7 Å². The Hall–Kier alpha value is -3.11. The van der Waals surface area contributed by atoms with Crippen LogP contribution in [0.15, 0.2) is 59.1 Å². The second kappa shape index (κ2) is 8.10. The normalized spacial score (nSPS) is 18.9. The topological polar surface area (TPSA) is 65.8 Å². The first-order valence-corrected chi connectivity index (χ1v) is 10.2. The fourth-order valence-electron chi connectivity index (χ4n) is 3.74. The van der Waals surface area contributed by atoms with E-state index in [4.69, 9.17) is 9.47 Å². The molecule has 1 amide bonds. The Morgan fingerprint density at radius 3 is 2.62 bits per heavy atom. The maximum absolute atomic E-state index is 13.1. The van der Waals surface area contributed by atoms with Crippen LogP contribution >= 0.6 is 11.8 Å². The fraction of sp³-hybridized carbons (Fsp3) is 0.273. The first-order valence-electron chi connectivity index (χ1n) is 9.25. The molecule has 0 saturated carbocycles. The highest BCUT2D eigenvalue weighted by Gasteiger charge is 2.39. The van der Waals surface area contributed by atoms with Crippen LogP contribution in [0.4, 0.5) is 5.69 Å². The van der Waals surface area contributed by atoms with Gasteiger partial charge >= 0.3 is 0 Å². The first-order chi connectivity index (χ1) is 14.2. The highest BCUT2D eigenvalue weighted by atomic mass is 32.2. The Balaban J connectivity index is 1.70. The number of carbonyl (C=O) groups is 1. The number of methoxy groups -OCH3 is 2. The van der Waals surface area contributed by atoms with Gasteiger partial charge in [-0.3, -0.25) is 9.69 Å². The van der Waals surface area contributed by atoms with Gasteiger partial charge < -0.3 is 14.4 Å². The monoisotopic (exact) mass is 407 g/mol. The van der Waals surface area contributed by atoms with E-state index in [1.54, 1.807) is 25.2 Å². The average Bonchev–Trinajstić information content (AvgIpc) is 2.79. The molecule has 0 aromatic heterocycles. The molecule has 0 aliphatic carbocycles. The molecule has 1 fully saturated rings. The van der Waals surface area contributed by atoms with Crippen LogP contribution in [0.2, 0.25) is 0 Å². The van der Waals surface area contributed by atoms with E-state index < -0.39 is 0 Å². The Morgan fingerprint density at radius 1 is 1.14 bits per heavy atom. The van der Waals surface area contributed by atoms with Crippen LogP contribution < -0.4 is 14.4 Å². The fourth-order valence-corrected chi connectivity index (χ4v) is 4.90. The van der Waals surface area contributed by atoms with E-state index in [0.717, 1.165) is 16.3 Å². The van der Waals surface area contributed by atoms with Crippen LogP contribution in [0.1, 0.15) is 17.9 Å². The van der Waals surface area contributed by atoms with Crippen LogP contribution in [0.25, 0.3) is 0 Å². The number of nitriles is 1. The van der Waals surface area contributed by atoms with Gasteiger partial charge in [-0.2, -0.15) is 5.26 Å². The molecule has 0 N–H and O–H groups in total. The molecular formula is C22H21N3O3S. The third-order valence-corrected chi connectivity index (χ3v) is 6.39. The van der Waals surface area contributed by atoms with Crippen molar-refractivity contribution in [1.29, 1.82) is 5.26 Å². The molecule has 2 aliphatic rings. The van der Waals surface area contributed by atoms with E-state index in [-0.39, 0.29) is 18.2 Å². The van der Waals surface area contributed by atoms with Crippen LogP contribution in [-0.2, 0) is 4.79 Å². The number of hydrogen-bond donors (Lipinski definition) is 0. The minimum Gasteiger partial charge on any atom is -0.497 e. The molecule has 2 aromatic rings. The second-order valence-corrected chi connectivity index (χ2v) is 7.74. The third-order valence-electron chi connectivity index (χ3n) is 5.23. The minimum absolute atomic E-state index is 0.00926. The predicted octanol–water partition coefficient (Wildman–Crippen LogP) is 3.92. The number of rotatable bonds is 4. The summed E-state index contributed by atoms with van der Waals surface area (Å²) in [6, 6.07) is 17.9. The van der Waals surface area contributed by atoms with E-state index in [0.29, 0.717) is 29.6 Å². The number of hydrogen-bond acceptors (Lipinski definition) is 6. The van der Waals surface area contributed by atoms with Crippen molar-refractivity contribution >= 4 is 23.4 Å². The van der Waals surface area contributed by atoms with Crippen molar-refractivity contribution < 1.29 is 14.3 Å². The summed E-state index contributed by atoms with van der Waals surface area (Å²) in [5.41, 5.74) is 2.51. The molecule has 6 nitrogen and oxygen atoms in total. The highest BCUT2D eigenvalue weighted by Crippen LogP contribution is 2.45. The summed E-state index contributed by atoms with van der Waals surface area (Å²) in [5.74, 6) is 1.66. The lowest BCUT2D eigenvalue weighted by Gasteiger charge is -2.42. The first kappa shape index (κ1) is 19.2. The van der Waals surface area contributed by atoms with Crippen molar-refractivity contribution in [3.05, 3.63) is 64.7 Å². The van der Waals surface area contributed by atoms with Crippen LogP contribution in [-0.4, -0.2) is 37.6 Å². The number of para-hydroxylation sites is 1. The number of ether oxygens (including phenoxy) is 2. The molecule has 0 radical (unpaired) electrons. The van der Waals surface area contributed by atoms with E-state index in [2.05, 4.69) is 11.0 Å². The number of thioether (sulfide) groups is 1. The second-order valence-electron chi connectivity index (χ2n) is 6.81. The molecule has 0 spiro atoms. The van der Waals surface area contributed by atoms with Crippen molar-refractivity contribution in [3.63, 3.8) is 0 Å². The number of nitrogens with zero attached hydrogens (tertiary/aromatic N) is 3. The van der Waals surface area contributed by atoms with Gasteiger partial charge in [-0.25, -0.2) is 0 Å². The van der Waals surface area contributed by atoms with Crippen molar-refractivity contribution in [2.24, 2.45) is 0 Å². The van der Waals surface area contributed by atoms with Gasteiger partial charge in [0.1, 0.15) is 11.5 Å². The molecule has 7 heteroatoms. The number of anilines is 1. The average molecular weight is 407 g/mol. The molecular weight excluding hydrogens is 386 g/mol. The number of carbonyl (C=O) groups excluding carboxylic acids is 1. The van der Waals surface area contributed by atoms with Gasteiger partial charge in [-0.05, 0) is 18.2 Å². The predicted molar refractivity (Wildman–Crippen MR) is 113 cm³/mol. The smallest absolute Gasteiger partial charge is 0.229 e. The lowest BCUT2D eigenvalue weighted by molar-refractivity contribution is -0.129. The van der Waals surface area contributed by atoms with Crippen LogP contribution in [0, 0.1) is 11.3 Å². The quantitative estimate of drug-likeness (QED) is 0.765. The van der Waals surface area contributed by atoms with E-state index in [9.17, 15) is 10.1 Å². The molecule has 1 saturated heterocycles. The van der Waals surface area contributed by atoms with Gasteiger partial charge in [0.05, 0.1) is 43.4 Å². The molecule has 2 aromatic carbocycles. The zero-order chi connectivity index (χ0) is 20.4. The number of benzene rings is 2. The Morgan fingerprint density at radius 2 is 1.93 bits per heavy atom.